The molecule has 0 aromatic heterocycles. The Morgan fingerprint density at radius 3 is 2.46 bits per heavy atom. The van der Waals surface area contributed by atoms with Crippen LogP contribution in [0.3, 0.4) is 0 Å². The molecule has 0 bridgehead atoms. The highest BCUT2D eigenvalue weighted by Crippen LogP contribution is 2.24. The summed E-state index contributed by atoms with van der Waals surface area (Å²) in [5, 5.41) is 6.64. The van der Waals surface area contributed by atoms with Gasteiger partial charge in [0.05, 0.1) is 11.4 Å². The molecule has 0 spiro atoms. The van der Waals surface area contributed by atoms with Crippen LogP contribution in [0.4, 0.5) is 17.1 Å². The number of nitrogens with one attached hydrogen (secondary N) is 2. The normalized spacial score (nSPS) is 15.6. The third kappa shape index (κ3) is 4.99. The number of para-hydroxylation sites is 3. The number of hydrogen-bond donors (Lipinski definition) is 3. The van der Waals surface area contributed by atoms with Crippen molar-refractivity contribution in [1.82, 2.24) is 4.90 Å². The monoisotopic (exact) mass is 352 g/mol. The van der Waals surface area contributed by atoms with Gasteiger partial charge >= 0.3 is 0 Å². The lowest BCUT2D eigenvalue weighted by Crippen LogP contribution is -2.36. The van der Waals surface area contributed by atoms with Crippen molar-refractivity contribution < 1.29 is 4.79 Å². The summed E-state index contributed by atoms with van der Waals surface area (Å²) in [5.74, 6) is 0.00544. The van der Waals surface area contributed by atoms with Crippen molar-refractivity contribution in [2.24, 2.45) is 0 Å². The van der Waals surface area contributed by atoms with Gasteiger partial charge in [-0.15, -0.1) is 0 Å². The van der Waals surface area contributed by atoms with Crippen LogP contribution in [0.2, 0.25) is 0 Å². The number of nitrogens with two attached hydrogens (primary N) is 1. The smallest absolute Gasteiger partial charge is 0.224 e. The van der Waals surface area contributed by atoms with E-state index in [1.165, 1.54) is 0 Å². The molecule has 5 heteroatoms. The molecule has 1 amide bonds. The average Bonchev–Trinajstić information content (AvgIpc) is 2.64. The van der Waals surface area contributed by atoms with Gasteiger partial charge in [-0.3, -0.25) is 4.79 Å². The maximum atomic E-state index is 12.4. The molecule has 1 fully saturated rings. The predicted molar refractivity (Wildman–Crippen MR) is 108 cm³/mol. The Hall–Kier alpha value is -2.53. The molecule has 1 saturated heterocycles. The van der Waals surface area contributed by atoms with E-state index < -0.39 is 0 Å². The Kier molecular flexibility index (Phi) is 6.12. The number of carbonyl (C=O) groups excluding carboxylic acids is 1. The SMILES string of the molecule is CN1CCC(Nc2ccccc2NC(=O)CCc2ccccc2N)CC1. The first-order chi connectivity index (χ1) is 12.6. The van der Waals surface area contributed by atoms with Crippen LogP contribution in [0.1, 0.15) is 24.8 Å². The first kappa shape index (κ1) is 18.3. The summed E-state index contributed by atoms with van der Waals surface area (Å²) < 4.78 is 0. The van der Waals surface area contributed by atoms with Crippen molar-refractivity contribution in [3.05, 3.63) is 54.1 Å². The molecule has 0 unspecified atom stereocenters. The van der Waals surface area contributed by atoms with Crippen LogP contribution in [0.5, 0.6) is 0 Å². The Labute approximate surface area is 155 Å². The quantitative estimate of drug-likeness (QED) is 0.697. The number of nitrogen functional groups attached to an aromatic ring is 1. The number of piperidine rings is 1. The van der Waals surface area contributed by atoms with Gasteiger partial charge in [0.25, 0.3) is 0 Å². The minimum atomic E-state index is 0.00544. The van der Waals surface area contributed by atoms with E-state index in [4.69, 9.17) is 5.73 Å². The molecule has 0 atom stereocenters. The Balaban J connectivity index is 1.57. The molecule has 0 saturated carbocycles. The van der Waals surface area contributed by atoms with Crippen molar-refractivity contribution in [2.75, 3.05) is 36.5 Å². The number of anilines is 3. The summed E-state index contributed by atoms with van der Waals surface area (Å²) in [6.07, 6.45) is 3.29. The lowest BCUT2D eigenvalue weighted by molar-refractivity contribution is -0.116. The largest absolute Gasteiger partial charge is 0.399 e. The highest BCUT2D eigenvalue weighted by molar-refractivity contribution is 5.94. The number of likely N-dealkylation sites (tertiary alicyclic amines) is 1. The number of hydrogen-bond acceptors (Lipinski definition) is 4. The third-order valence-corrected chi connectivity index (χ3v) is 4.96. The van der Waals surface area contributed by atoms with Gasteiger partial charge in [-0.1, -0.05) is 30.3 Å². The number of rotatable bonds is 6. The molecule has 4 N–H and O–H groups in total. The summed E-state index contributed by atoms with van der Waals surface area (Å²) in [4.78, 5) is 14.7. The van der Waals surface area contributed by atoms with Crippen molar-refractivity contribution in [2.45, 2.75) is 31.7 Å². The van der Waals surface area contributed by atoms with E-state index in [2.05, 4.69) is 22.6 Å². The molecule has 0 radical (unpaired) electrons. The zero-order chi connectivity index (χ0) is 18.4. The van der Waals surface area contributed by atoms with Crippen LogP contribution >= 0.6 is 0 Å². The number of amides is 1. The Morgan fingerprint density at radius 1 is 1.08 bits per heavy atom. The topological polar surface area (TPSA) is 70.4 Å². The molecule has 1 aliphatic rings. The van der Waals surface area contributed by atoms with Gasteiger partial charge in [0.1, 0.15) is 0 Å². The molecular weight excluding hydrogens is 324 g/mol. The standard InChI is InChI=1S/C21H28N4O/c1-25-14-12-17(13-15-25)23-19-8-4-5-9-20(19)24-21(26)11-10-16-6-2-3-7-18(16)22/h2-9,17,23H,10-15,22H2,1H3,(H,24,26). The molecule has 138 valence electrons. The van der Waals surface area contributed by atoms with Crippen LogP contribution in [0.15, 0.2) is 48.5 Å². The molecule has 1 heterocycles. The molecule has 2 aromatic carbocycles. The molecule has 2 aromatic rings. The maximum Gasteiger partial charge on any atom is 0.224 e. The molecule has 3 rings (SSSR count). The fraction of sp³-hybridized carbons (Fsp3) is 0.381. The average molecular weight is 352 g/mol. The zero-order valence-corrected chi connectivity index (χ0v) is 15.4. The van der Waals surface area contributed by atoms with E-state index in [-0.39, 0.29) is 5.91 Å². The lowest BCUT2D eigenvalue weighted by atomic mass is 10.0. The van der Waals surface area contributed by atoms with E-state index in [1.54, 1.807) is 0 Å². The first-order valence-electron chi connectivity index (χ1n) is 9.29. The van der Waals surface area contributed by atoms with Gasteiger partial charge in [-0.25, -0.2) is 0 Å². The van der Waals surface area contributed by atoms with Gasteiger partial charge in [0, 0.05) is 18.2 Å². The summed E-state index contributed by atoms with van der Waals surface area (Å²) >= 11 is 0. The molecular formula is C21H28N4O. The fourth-order valence-electron chi connectivity index (χ4n) is 3.31. The molecule has 1 aliphatic heterocycles. The number of aryl methyl sites for hydroxylation is 1. The Bertz CT molecular complexity index is 738. The first-order valence-corrected chi connectivity index (χ1v) is 9.29. The van der Waals surface area contributed by atoms with E-state index >= 15 is 0 Å². The molecule has 26 heavy (non-hydrogen) atoms. The van der Waals surface area contributed by atoms with E-state index in [0.29, 0.717) is 18.9 Å². The van der Waals surface area contributed by atoms with Gasteiger partial charge in [-0.2, -0.15) is 0 Å². The van der Waals surface area contributed by atoms with Crippen molar-refractivity contribution >= 4 is 23.0 Å². The van der Waals surface area contributed by atoms with Gasteiger partial charge < -0.3 is 21.3 Å². The minimum Gasteiger partial charge on any atom is -0.399 e. The van der Waals surface area contributed by atoms with Gasteiger partial charge in [0.2, 0.25) is 5.91 Å². The van der Waals surface area contributed by atoms with Crippen molar-refractivity contribution in [1.29, 1.82) is 0 Å². The van der Waals surface area contributed by atoms with E-state index in [0.717, 1.165) is 48.6 Å². The second kappa shape index (κ2) is 8.72. The summed E-state index contributed by atoms with van der Waals surface area (Å²) in [6.45, 7) is 2.20. The fourth-order valence-corrected chi connectivity index (χ4v) is 3.31. The zero-order valence-electron chi connectivity index (χ0n) is 15.4. The van der Waals surface area contributed by atoms with Crippen LogP contribution in [-0.2, 0) is 11.2 Å². The van der Waals surface area contributed by atoms with Crippen LogP contribution in [-0.4, -0.2) is 37.0 Å². The predicted octanol–water partition coefficient (Wildman–Crippen LogP) is 3.35. The minimum absolute atomic E-state index is 0.00544. The lowest BCUT2D eigenvalue weighted by Gasteiger charge is -2.30. The van der Waals surface area contributed by atoms with Crippen LogP contribution in [0, 0.1) is 0 Å². The van der Waals surface area contributed by atoms with Crippen LogP contribution < -0.4 is 16.4 Å². The third-order valence-electron chi connectivity index (χ3n) is 4.96. The molecule has 5 nitrogen and oxygen atoms in total. The van der Waals surface area contributed by atoms with Crippen molar-refractivity contribution in [3.8, 4) is 0 Å². The maximum absolute atomic E-state index is 12.4. The van der Waals surface area contributed by atoms with Gasteiger partial charge in [0.15, 0.2) is 0 Å². The van der Waals surface area contributed by atoms with Gasteiger partial charge in [-0.05, 0) is 63.2 Å². The molecule has 0 aliphatic carbocycles. The number of carbonyl (C=O) groups is 1. The summed E-state index contributed by atoms with van der Waals surface area (Å²) in [6, 6.07) is 16.1. The highest BCUT2D eigenvalue weighted by atomic mass is 16.1. The summed E-state index contributed by atoms with van der Waals surface area (Å²) in [7, 11) is 2.16. The Morgan fingerprint density at radius 2 is 1.73 bits per heavy atom. The van der Waals surface area contributed by atoms with E-state index in [9.17, 15) is 4.79 Å². The summed E-state index contributed by atoms with van der Waals surface area (Å²) in [5.41, 5.74) is 9.55. The second-order valence-electron chi connectivity index (χ2n) is 7.01. The second-order valence-corrected chi connectivity index (χ2v) is 7.01. The van der Waals surface area contributed by atoms with E-state index in [1.807, 2.05) is 48.5 Å². The highest BCUT2D eigenvalue weighted by Gasteiger charge is 2.17. The number of nitrogens with zero attached hydrogens (tertiary/aromatic N) is 1. The van der Waals surface area contributed by atoms with Crippen LogP contribution in [0.25, 0.3) is 0 Å². The number of benzene rings is 2. The van der Waals surface area contributed by atoms with Crippen molar-refractivity contribution in [3.63, 3.8) is 0 Å².